The van der Waals surface area contributed by atoms with Crippen molar-refractivity contribution < 1.29 is 19.0 Å². The second kappa shape index (κ2) is 4.72. The molecule has 0 saturated heterocycles. The molecule has 3 nitrogen and oxygen atoms in total. The zero-order valence-electron chi connectivity index (χ0n) is 7.79. The molecule has 0 radical (unpaired) electrons. The second-order valence-corrected chi connectivity index (χ2v) is 2.75. The number of carboxylic acid groups (broad SMARTS) is 1. The lowest BCUT2D eigenvalue weighted by atomic mass is 10.1. The van der Waals surface area contributed by atoms with E-state index < -0.39 is 11.8 Å². The van der Waals surface area contributed by atoms with Crippen LogP contribution in [0, 0.1) is 5.82 Å². The number of rotatable bonds is 4. The van der Waals surface area contributed by atoms with Crippen molar-refractivity contribution in [3.8, 4) is 0 Å². The predicted molar refractivity (Wildman–Crippen MR) is 48.7 cm³/mol. The van der Waals surface area contributed by atoms with Crippen molar-refractivity contribution in [2.75, 3.05) is 6.61 Å². The summed E-state index contributed by atoms with van der Waals surface area (Å²) < 4.78 is 18.2. The highest BCUT2D eigenvalue weighted by Gasteiger charge is 2.07. The van der Waals surface area contributed by atoms with Gasteiger partial charge in [0, 0.05) is 12.2 Å². The van der Waals surface area contributed by atoms with Crippen LogP contribution >= 0.6 is 0 Å². The van der Waals surface area contributed by atoms with E-state index in [9.17, 15) is 9.18 Å². The molecule has 0 amide bonds. The molecule has 0 unspecified atom stereocenters. The van der Waals surface area contributed by atoms with Crippen LogP contribution in [0.5, 0.6) is 0 Å². The SMILES string of the molecule is CCOCc1ccc(C(=O)O)cc1F. The lowest BCUT2D eigenvalue weighted by molar-refractivity contribution is 0.0696. The van der Waals surface area contributed by atoms with Gasteiger partial charge < -0.3 is 9.84 Å². The van der Waals surface area contributed by atoms with Gasteiger partial charge in [-0.3, -0.25) is 0 Å². The minimum Gasteiger partial charge on any atom is -0.478 e. The molecule has 0 heterocycles. The summed E-state index contributed by atoms with van der Waals surface area (Å²) in [5.41, 5.74) is 0.319. The Hall–Kier alpha value is -1.42. The van der Waals surface area contributed by atoms with E-state index in [0.717, 1.165) is 6.07 Å². The number of ether oxygens (including phenoxy) is 1. The molecule has 0 bridgehead atoms. The zero-order valence-corrected chi connectivity index (χ0v) is 7.79. The molecule has 4 heteroatoms. The quantitative estimate of drug-likeness (QED) is 0.805. The molecular weight excluding hydrogens is 187 g/mol. The Kier molecular flexibility index (Phi) is 3.59. The van der Waals surface area contributed by atoms with E-state index in [1.165, 1.54) is 12.1 Å². The molecule has 0 saturated carbocycles. The molecule has 1 aromatic carbocycles. The largest absolute Gasteiger partial charge is 0.478 e. The number of hydrogen-bond donors (Lipinski definition) is 1. The molecule has 1 aromatic rings. The fraction of sp³-hybridized carbons (Fsp3) is 0.300. The normalized spacial score (nSPS) is 10.1. The van der Waals surface area contributed by atoms with Crippen LogP contribution in [-0.2, 0) is 11.3 Å². The summed E-state index contributed by atoms with van der Waals surface area (Å²) in [6, 6.07) is 3.78. The van der Waals surface area contributed by atoms with Crippen LogP contribution in [0.25, 0.3) is 0 Å². The number of carboxylic acids is 1. The van der Waals surface area contributed by atoms with Gasteiger partial charge in [-0.05, 0) is 19.1 Å². The Bertz CT molecular complexity index is 336. The van der Waals surface area contributed by atoms with E-state index in [1.54, 1.807) is 0 Å². The second-order valence-electron chi connectivity index (χ2n) is 2.75. The number of halogens is 1. The highest BCUT2D eigenvalue weighted by atomic mass is 19.1. The van der Waals surface area contributed by atoms with Crippen LogP contribution < -0.4 is 0 Å². The molecule has 14 heavy (non-hydrogen) atoms. The van der Waals surface area contributed by atoms with Gasteiger partial charge in [-0.1, -0.05) is 6.07 Å². The van der Waals surface area contributed by atoms with E-state index in [0.29, 0.717) is 12.2 Å². The summed E-state index contributed by atoms with van der Waals surface area (Å²) in [6.45, 7) is 2.48. The lowest BCUT2D eigenvalue weighted by Crippen LogP contribution is -2.00. The topological polar surface area (TPSA) is 46.5 Å². The minimum absolute atomic E-state index is 0.0530. The number of aromatic carboxylic acids is 1. The van der Waals surface area contributed by atoms with Crippen LogP contribution in [0.2, 0.25) is 0 Å². The summed E-state index contributed by atoms with van der Waals surface area (Å²) in [5, 5.41) is 8.58. The Morgan fingerprint density at radius 3 is 2.79 bits per heavy atom. The highest BCUT2D eigenvalue weighted by Crippen LogP contribution is 2.11. The van der Waals surface area contributed by atoms with Crippen molar-refractivity contribution in [3.05, 3.63) is 35.1 Å². The van der Waals surface area contributed by atoms with Crippen molar-refractivity contribution in [1.29, 1.82) is 0 Å². The monoisotopic (exact) mass is 198 g/mol. The van der Waals surface area contributed by atoms with Gasteiger partial charge in [0.05, 0.1) is 12.2 Å². The van der Waals surface area contributed by atoms with Gasteiger partial charge >= 0.3 is 5.97 Å². The standard InChI is InChI=1S/C10H11FO3/c1-2-14-6-8-4-3-7(10(12)13)5-9(8)11/h3-5H,2,6H2,1H3,(H,12,13). The van der Waals surface area contributed by atoms with Gasteiger partial charge in [0.1, 0.15) is 5.82 Å². The van der Waals surface area contributed by atoms with Crippen LogP contribution in [0.3, 0.4) is 0 Å². The predicted octanol–water partition coefficient (Wildman–Crippen LogP) is 2.06. The van der Waals surface area contributed by atoms with Gasteiger partial charge in [-0.2, -0.15) is 0 Å². The first kappa shape index (κ1) is 10.7. The number of hydrogen-bond acceptors (Lipinski definition) is 2. The van der Waals surface area contributed by atoms with Crippen molar-refractivity contribution in [1.82, 2.24) is 0 Å². The Morgan fingerprint density at radius 1 is 1.57 bits per heavy atom. The van der Waals surface area contributed by atoms with Crippen LogP contribution in [0.4, 0.5) is 4.39 Å². The maximum atomic E-state index is 13.2. The van der Waals surface area contributed by atoms with Gasteiger partial charge in [-0.15, -0.1) is 0 Å². The van der Waals surface area contributed by atoms with Gasteiger partial charge in [0.2, 0.25) is 0 Å². The summed E-state index contributed by atoms with van der Waals surface area (Å²) in [6.07, 6.45) is 0. The third-order valence-corrected chi connectivity index (χ3v) is 1.76. The molecular formula is C10H11FO3. The maximum Gasteiger partial charge on any atom is 0.335 e. The average molecular weight is 198 g/mol. The molecule has 0 aliphatic carbocycles. The molecule has 0 fully saturated rings. The van der Waals surface area contributed by atoms with Crippen LogP contribution in [0.1, 0.15) is 22.8 Å². The zero-order chi connectivity index (χ0) is 10.6. The Balaban J connectivity index is 2.84. The first-order valence-corrected chi connectivity index (χ1v) is 4.24. The minimum atomic E-state index is -1.13. The third kappa shape index (κ3) is 2.53. The summed E-state index contributed by atoms with van der Waals surface area (Å²) >= 11 is 0. The molecule has 0 aliphatic heterocycles. The molecule has 1 rings (SSSR count). The smallest absolute Gasteiger partial charge is 0.335 e. The molecule has 1 N–H and O–H groups in total. The fourth-order valence-electron chi connectivity index (χ4n) is 1.01. The van der Waals surface area contributed by atoms with E-state index in [-0.39, 0.29) is 12.2 Å². The Labute approximate surface area is 81.1 Å². The number of benzene rings is 1. The molecule has 0 spiro atoms. The van der Waals surface area contributed by atoms with E-state index >= 15 is 0 Å². The Morgan fingerprint density at radius 2 is 2.29 bits per heavy atom. The van der Waals surface area contributed by atoms with E-state index in [1.807, 2.05) is 6.92 Å². The van der Waals surface area contributed by atoms with Crippen molar-refractivity contribution in [3.63, 3.8) is 0 Å². The summed E-state index contributed by atoms with van der Waals surface area (Å²) in [7, 11) is 0. The van der Waals surface area contributed by atoms with Crippen molar-refractivity contribution in [2.45, 2.75) is 13.5 Å². The molecule has 0 aliphatic rings. The van der Waals surface area contributed by atoms with Crippen molar-refractivity contribution in [2.24, 2.45) is 0 Å². The van der Waals surface area contributed by atoms with E-state index in [4.69, 9.17) is 9.84 Å². The first-order valence-electron chi connectivity index (χ1n) is 4.24. The van der Waals surface area contributed by atoms with Crippen LogP contribution in [-0.4, -0.2) is 17.7 Å². The molecule has 76 valence electrons. The number of carbonyl (C=O) groups is 1. The average Bonchev–Trinajstić information content (AvgIpc) is 2.15. The van der Waals surface area contributed by atoms with Gasteiger partial charge in [0.15, 0.2) is 0 Å². The highest BCUT2D eigenvalue weighted by molar-refractivity contribution is 5.87. The van der Waals surface area contributed by atoms with Gasteiger partial charge in [0.25, 0.3) is 0 Å². The first-order chi connectivity index (χ1) is 6.65. The van der Waals surface area contributed by atoms with E-state index in [2.05, 4.69) is 0 Å². The van der Waals surface area contributed by atoms with Gasteiger partial charge in [-0.25, -0.2) is 9.18 Å². The summed E-state index contributed by atoms with van der Waals surface area (Å²) in [5.74, 6) is -1.68. The third-order valence-electron chi connectivity index (χ3n) is 1.76. The molecule has 0 atom stereocenters. The van der Waals surface area contributed by atoms with Crippen molar-refractivity contribution >= 4 is 5.97 Å². The fourth-order valence-corrected chi connectivity index (χ4v) is 1.01. The molecule has 0 aromatic heterocycles. The summed E-state index contributed by atoms with van der Waals surface area (Å²) in [4.78, 5) is 10.5. The lowest BCUT2D eigenvalue weighted by Gasteiger charge is -2.03. The maximum absolute atomic E-state index is 13.2. The van der Waals surface area contributed by atoms with Crippen LogP contribution in [0.15, 0.2) is 18.2 Å².